The molecule has 0 fully saturated rings. The van der Waals surface area contributed by atoms with Crippen molar-refractivity contribution < 1.29 is 4.42 Å². The van der Waals surface area contributed by atoms with Crippen LogP contribution >= 0.6 is 39.9 Å². The minimum atomic E-state index is 0. The summed E-state index contributed by atoms with van der Waals surface area (Å²) in [7, 11) is 0. The van der Waals surface area contributed by atoms with Crippen molar-refractivity contribution in [1.82, 2.24) is 5.32 Å². The maximum absolute atomic E-state index is 6.29. The van der Waals surface area contributed by atoms with Gasteiger partial charge in [0.05, 0.1) is 11.6 Å². The van der Waals surface area contributed by atoms with Crippen LogP contribution in [0.25, 0.3) is 11.3 Å². The van der Waals surface area contributed by atoms with Crippen LogP contribution in [0.2, 0.25) is 5.02 Å². The van der Waals surface area contributed by atoms with Crippen molar-refractivity contribution >= 4 is 39.9 Å². The second-order valence-electron chi connectivity index (χ2n) is 6.20. The lowest BCUT2D eigenvalue weighted by atomic mass is 10.1. The molecule has 0 aliphatic rings. The van der Waals surface area contributed by atoms with E-state index < -0.39 is 0 Å². The van der Waals surface area contributed by atoms with Gasteiger partial charge in [-0.3, -0.25) is 0 Å². The Balaban J connectivity index is 0.00000243. The molecule has 2 nitrogen and oxygen atoms in total. The summed E-state index contributed by atoms with van der Waals surface area (Å²) in [5.74, 6) is 1.71. The molecule has 0 spiro atoms. The predicted octanol–water partition coefficient (Wildman–Crippen LogP) is 6.90. The first-order valence-corrected chi connectivity index (χ1v) is 9.60. The highest BCUT2D eigenvalue weighted by Crippen LogP contribution is 2.31. The third-order valence-corrected chi connectivity index (χ3v) is 5.00. The van der Waals surface area contributed by atoms with Crippen LogP contribution in [0.4, 0.5) is 0 Å². The number of benzene rings is 2. The first kappa shape index (κ1) is 21.0. The van der Waals surface area contributed by atoms with E-state index in [1.165, 1.54) is 5.56 Å². The van der Waals surface area contributed by atoms with Crippen LogP contribution in [-0.4, -0.2) is 6.04 Å². The van der Waals surface area contributed by atoms with E-state index in [1.807, 2.05) is 30.3 Å². The number of aryl methyl sites for hydroxylation is 1. The molecule has 1 aromatic heterocycles. The fourth-order valence-electron chi connectivity index (χ4n) is 2.71. The third kappa shape index (κ3) is 5.88. The Morgan fingerprint density at radius 1 is 1.08 bits per heavy atom. The molecule has 0 saturated heterocycles. The highest BCUT2D eigenvalue weighted by Gasteiger charge is 2.10. The van der Waals surface area contributed by atoms with Crippen molar-refractivity contribution in [1.29, 1.82) is 0 Å². The fraction of sp³-hybridized carbons (Fsp3) is 0.238. The second-order valence-corrected chi connectivity index (χ2v) is 7.52. The molecule has 1 N–H and O–H groups in total. The Bertz CT molecular complexity index is 820. The molecule has 26 heavy (non-hydrogen) atoms. The first-order chi connectivity index (χ1) is 12.1. The third-order valence-electron chi connectivity index (χ3n) is 4.19. The highest BCUT2D eigenvalue weighted by atomic mass is 79.9. The van der Waals surface area contributed by atoms with E-state index in [1.54, 1.807) is 0 Å². The van der Waals surface area contributed by atoms with Gasteiger partial charge in [-0.25, -0.2) is 0 Å². The zero-order chi connectivity index (χ0) is 17.6. The van der Waals surface area contributed by atoms with Gasteiger partial charge in [0.15, 0.2) is 0 Å². The molecule has 1 unspecified atom stereocenters. The highest BCUT2D eigenvalue weighted by molar-refractivity contribution is 9.10. The summed E-state index contributed by atoms with van der Waals surface area (Å²) >= 11 is 9.72. The second kappa shape index (κ2) is 10.2. The molecule has 0 aliphatic heterocycles. The van der Waals surface area contributed by atoms with Crippen LogP contribution in [0.1, 0.15) is 24.7 Å². The largest absolute Gasteiger partial charge is 0.460 e. The summed E-state index contributed by atoms with van der Waals surface area (Å²) in [4.78, 5) is 0. The number of furan rings is 1. The summed E-state index contributed by atoms with van der Waals surface area (Å²) < 4.78 is 6.90. The van der Waals surface area contributed by atoms with Crippen molar-refractivity contribution in [2.75, 3.05) is 0 Å². The minimum absolute atomic E-state index is 0. The van der Waals surface area contributed by atoms with Crippen LogP contribution in [-0.2, 0) is 13.0 Å². The molecule has 0 radical (unpaired) electrons. The van der Waals surface area contributed by atoms with Crippen molar-refractivity contribution in [3.05, 3.63) is 81.5 Å². The first-order valence-electron chi connectivity index (χ1n) is 8.43. The van der Waals surface area contributed by atoms with Crippen molar-refractivity contribution in [3.63, 3.8) is 0 Å². The number of hydrogen-bond donors (Lipinski definition) is 1. The van der Waals surface area contributed by atoms with Gasteiger partial charge in [0, 0.05) is 16.1 Å². The molecule has 5 heteroatoms. The lowest BCUT2D eigenvalue weighted by Gasteiger charge is -2.12. The smallest absolute Gasteiger partial charge is 0.135 e. The molecule has 0 amide bonds. The number of nitrogens with one attached hydrogen (secondary N) is 1. The Labute approximate surface area is 174 Å². The molecule has 3 rings (SSSR count). The van der Waals surface area contributed by atoms with E-state index in [0.717, 1.165) is 34.4 Å². The van der Waals surface area contributed by atoms with Crippen LogP contribution in [0.3, 0.4) is 0 Å². The maximum Gasteiger partial charge on any atom is 0.135 e. The number of rotatable bonds is 7. The Morgan fingerprint density at radius 3 is 2.58 bits per heavy atom. The normalized spacial score (nSPS) is 11.8. The van der Waals surface area contributed by atoms with Crippen LogP contribution in [0.15, 0.2) is 69.6 Å². The summed E-state index contributed by atoms with van der Waals surface area (Å²) in [6.45, 7) is 2.92. The lowest BCUT2D eigenvalue weighted by molar-refractivity contribution is 0.449. The molecule has 0 aliphatic carbocycles. The van der Waals surface area contributed by atoms with Crippen LogP contribution in [0.5, 0.6) is 0 Å². The van der Waals surface area contributed by atoms with E-state index in [4.69, 9.17) is 16.0 Å². The van der Waals surface area contributed by atoms with E-state index in [2.05, 4.69) is 58.5 Å². The van der Waals surface area contributed by atoms with Gasteiger partial charge in [0.1, 0.15) is 11.5 Å². The minimum Gasteiger partial charge on any atom is -0.460 e. The zero-order valence-electron chi connectivity index (χ0n) is 14.5. The molecule has 0 bridgehead atoms. The molecule has 2 aromatic carbocycles. The van der Waals surface area contributed by atoms with E-state index in [-0.39, 0.29) is 12.4 Å². The van der Waals surface area contributed by atoms with Crippen LogP contribution < -0.4 is 5.32 Å². The lowest BCUT2D eigenvalue weighted by Crippen LogP contribution is -2.25. The average Bonchev–Trinajstić information content (AvgIpc) is 3.08. The molecular formula is C21H22BrCl2NO. The van der Waals surface area contributed by atoms with Crippen molar-refractivity contribution in [3.8, 4) is 11.3 Å². The van der Waals surface area contributed by atoms with Crippen molar-refractivity contribution in [2.24, 2.45) is 0 Å². The van der Waals surface area contributed by atoms with Gasteiger partial charge >= 0.3 is 0 Å². The van der Waals surface area contributed by atoms with Gasteiger partial charge in [0.2, 0.25) is 0 Å². The zero-order valence-corrected chi connectivity index (χ0v) is 17.7. The van der Waals surface area contributed by atoms with Gasteiger partial charge in [-0.2, -0.15) is 0 Å². The van der Waals surface area contributed by atoms with E-state index >= 15 is 0 Å². The summed E-state index contributed by atoms with van der Waals surface area (Å²) in [6, 6.07) is 20.8. The van der Waals surface area contributed by atoms with E-state index in [0.29, 0.717) is 17.6 Å². The monoisotopic (exact) mass is 453 g/mol. The number of hydrogen-bond acceptors (Lipinski definition) is 2. The average molecular weight is 455 g/mol. The van der Waals surface area contributed by atoms with Gasteiger partial charge in [-0.15, -0.1) is 12.4 Å². The maximum atomic E-state index is 6.29. The van der Waals surface area contributed by atoms with Gasteiger partial charge in [0.25, 0.3) is 0 Å². The van der Waals surface area contributed by atoms with Gasteiger partial charge in [-0.1, -0.05) is 57.9 Å². The summed E-state index contributed by atoms with van der Waals surface area (Å²) in [5.41, 5.74) is 2.29. The quantitative estimate of drug-likeness (QED) is 0.420. The molecule has 138 valence electrons. The Kier molecular flexibility index (Phi) is 8.23. The van der Waals surface area contributed by atoms with Crippen molar-refractivity contribution in [2.45, 2.75) is 32.4 Å². The fourth-order valence-corrected chi connectivity index (χ4v) is 3.48. The number of halogens is 3. The Hall–Kier alpha value is -1.26. The van der Waals surface area contributed by atoms with Gasteiger partial charge in [-0.05, 0) is 55.7 Å². The molecule has 0 saturated carbocycles. The standard InChI is InChI=1S/C21H21BrClNO.ClH/c1-15(7-8-16-5-3-2-4-6-16)24-14-18-10-12-21(25-18)19-11-9-17(22)13-20(19)23;/h2-6,9-13,15,24H,7-8,14H2,1H3;1H. The molecule has 1 atom stereocenters. The SMILES string of the molecule is CC(CCc1ccccc1)NCc1ccc(-c2ccc(Br)cc2Cl)o1.Cl. The Morgan fingerprint density at radius 2 is 1.85 bits per heavy atom. The van der Waals surface area contributed by atoms with Crippen LogP contribution in [0, 0.1) is 0 Å². The van der Waals surface area contributed by atoms with E-state index in [9.17, 15) is 0 Å². The predicted molar refractivity (Wildman–Crippen MR) is 115 cm³/mol. The molecule has 3 aromatic rings. The molecule has 1 heterocycles. The summed E-state index contributed by atoms with van der Waals surface area (Å²) in [5, 5.41) is 4.20. The van der Waals surface area contributed by atoms with Gasteiger partial charge < -0.3 is 9.73 Å². The topological polar surface area (TPSA) is 25.2 Å². The molecular weight excluding hydrogens is 433 g/mol. The summed E-state index contributed by atoms with van der Waals surface area (Å²) in [6.07, 6.45) is 2.17.